The molecule has 1 aromatic carbocycles. The van der Waals surface area contributed by atoms with Crippen molar-refractivity contribution in [2.75, 3.05) is 0 Å². The van der Waals surface area contributed by atoms with Crippen molar-refractivity contribution in [2.45, 2.75) is 19.3 Å². The Morgan fingerprint density at radius 3 is 2.89 bits per heavy atom. The molecule has 0 saturated heterocycles. The highest BCUT2D eigenvalue weighted by molar-refractivity contribution is 5.37. The van der Waals surface area contributed by atoms with E-state index in [1.807, 2.05) is 17.8 Å². The van der Waals surface area contributed by atoms with Crippen LogP contribution < -0.4 is 11.3 Å². The molecule has 1 aromatic heterocycles. The number of aryl methyl sites for hydroxylation is 1. The first kappa shape index (κ1) is 11.4. The molecule has 0 spiro atoms. The summed E-state index contributed by atoms with van der Waals surface area (Å²) in [6.07, 6.45) is 1.77. The van der Waals surface area contributed by atoms with E-state index in [2.05, 4.69) is 28.7 Å². The minimum atomic E-state index is -0.0524. The summed E-state index contributed by atoms with van der Waals surface area (Å²) in [5, 5.41) is 4.18. The first-order chi connectivity index (χ1) is 8.79. The summed E-state index contributed by atoms with van der Waals surface area (Å²) >= 11 is 0. The fraction of sp³-hybridized carbons (Fsp3) is 0.308. The van der Waals surface area contributed by atoms with Crippen molar-refractivity contribution < 1.29 is 4.74 Å². The third-order valence-corrected chi connectivity index (χ3v) is 3.40. The molecule has 1 atom stereocenters. The lowest BCUT2D eigenvalue weighted by Crippen LogP contribution is -2.30. The van der Waals surface area contributed by atoms with Crippen LogP contribution in [0.1, 0.15) is 28.4 Å². The molecule has 18 heavy (non-hydrogen) atoms. The average Bonchev–Trinajstić information content (AvgIpc) is 2.99. The third-order valence-electron chi connectivity index (χ3n) is 3.40. The molecule has 0 saturated carbocycles. The molecule has 3 N–H and O–H groups in total. The SMILES string of the molecule is Cn1nccc1C(NN)c1ccc2c(c1)COC2. The Labute approximate surface area is 106 Å². The first-order valence-corrected chi connectivity index (χ1v) is 5.93. The second-order valence-electron chi connectivity index (χ2n) is 4.50. The van der Waals surface area contributed by atoms with Crippen LogP contribution in [0, 0.1) is 0 Å². The first-order valence-electron chi connectivity index (χ1n) is 5.93. The standard InChI is InChI=1S/C13H16N4O/c1-17-12(4-5-15-17)13(16-14)9-2-3-10-7-18-8-11(10)6-9/h2-6,13,16H,7-8,14H2,1H3. The van der Waals surface area contributed by atoms with Crippen LogP contribution in [0.2, 0.25) is 0 Å². The Morgan fingerprint density at radius 2 is 2.17 bits per heavy atom. The predicted molar refractivity (Wildman–Crippen MR) is 67.3 cm³/mol. The number of nitrogens with one attached hydrogen (secondary N) is 1. The van der Waals surface area contributed by atoms with E-state index in [-0.39, 0.29) is 6.04 Å². The van der Waals surface area contributed by atoms with E-state index in [9.17, 15) is 0 Å². The molecule has 0 fully saturated rings. The van der Waals surface area contributed by atoms with Gasteiger partial charge in [0, 0.05) is 13.2 Å². The molecule has 0 amide bonds. The molecule has 5 heteroatoms. The number of hydrazine groups is 1. The lowest BCUT2D eigenvalue weighted by atomic mass is 9.99. The Bertz CT molecular complexity index is 564. The summed E-state index contributed by atoms with van der Waals surface area (Å²) in [4.78, 5) is 0. The van der Waals surface area contributed by atoms with Gasteiger partial charge in [-0.25, -0.2) is 5.43 Å². The normalized spacial score (nSPS) is 15.7. The molecular weight excluding hydrogens is 228 g/mol. The lowest BCUT2D eigenvalue weighted by Gasteiger charge is -2.17. The van der Waals surface area contributed by atoms with Gasteiger partial charge in [-0.1, -0.05) is 18.2 Å². The molecule has 94 valence electrons. The topological polar surface area (TPSA) is 65.1 Å². The van der Waals surface area contributed by atoms with Gasteiger partial charge in [0.25, 0.3) is 0 Å². The van der Waals surface area contributed by atoms with Gasteiger partial charge < -0.3 is 4.74 Å². The van der Waals surface area contributed by atoms with Crippen molar-refractivity contribution in [2.24, 2.45) is 12.9 Å². The minimum Gasteiger partial charge on any atom is -0.372 e. The van der Waals surface area contributed by atoms with Gasteiger partial charge in [-0.3, -0.25) is 10.5 Å². The number of fused-ring (bicyclic) bond motifs is 1. The number of rotatable bonds is 3. The Balaban J connectivity index is 2.00. The van der Waals surface area contributed by atoms with Crippen LogP contribution in [-0.2, 0) is 25.0 Å². The van der Waals surface area contributed by atoms with Crippen LogP contribution in [0.25, 0.3) is 0 Å². The predicted octanol–water partition coefficient (Wildman–Crippen LogP) is 1.00. The van der Waals surface area contributed by atoms with Crippen LogP contribution in [0.4, 0.5) is 0 Å². The monoisotopic (exact) mass is 244 g/mol. The maximum Gasteiger partial charge on any atom is 0.0878 e. The van der Waals surface area contributed by atoms with Crippen LogP contribution in [0.15, 0.2) is 30.5 Å². The molecule has 2 aromatic rings. The van der Waals surface area contributed by atoms with Crippen LogP contribution >= 0.6 is 0 Å². The Hall–Kier alpha value is -1.69. The summed E-state index contributed by atoms with van der Waals surface area (Å²) in [6.45, 7) is 1.40. The van der Waals surface area contributed by atoms with Gasteiger partial charge in [0.05, 0.1) is 24.9 Å². The summed E-state index contributed by atoms with van der Waals surface area (Å²) < 4.78 is 7.26. The van der Waals surface area contributed by atoms with E-state index in [4.69, 9.17) is 10.6 Å². The van der Waals surface area contributed by atoms with E-state index in [0.29, 0.717) is 13.2 Å². The average molecular weight is 244 g/mol. The van der Waals surface area contributed by atoms with Crippen molar-refractivity contribution in [3.63, 3.8) is 0 Å². The van der Waals surface area contributed by atoms with Gasteiger partial charge in [-0.2, -0.15) is 5.10 Å². The smallest absolute Gasteiger partial charge is 0.0878 e. The van der Waals surface area contributed by atoms with Crippen molar-refractivity contribution in [1.29, 1.82) is 0 Å². The molecule has 3 rings (SSSR count). The highest BCUT2D eigenvalue weighted by Crippen LogP contribution is 2.26. The largest absolute Gasteiger partial charge is 0.372 e. The number of hydrogen-bond donors (Lipinski definition) is 2. The zero-order valence-corrected chi connectivity index (χ0v) is 10.3. The van der Waals surface area contributed by atoms with E-state index >= 15 is 0 Å². The number of benzene rings is 1. The number of nitrogens with zero attached hydrogens (tertiary/aromatic N) is 2. The van der Waals surface area contributed by atoms with Gasteiger partial charge in [-0.15, -0.1) is 0 Å². The van der Waals surface area contributed by atoms with Crippen molar-refractivity contribution in [3.05, 3.63) is 52.8 Å². The Kier molecular flexibility index (Phi) is 2.87. The molecule has 0 bridgehead atoms. The number of aromatic nitrogens is 2. The van der Waals surface area contributed by atoms with E-state index in [1.54, 1.807) is 6.20 Å². The lowest BCUT2D eigenvalue weighted by molar-refractivity contribution is 0.134. The van der Waals surface area contributed by atoms with Crippen LogP contribution in [0.5, 0.6) is 0 Å². The third kappa shape index (κ3) is 1.82. The van der Waals surface area contributed by atoms with Gasteiger partial charge in [0.15, 0.2) is 0 Å². The second-order valence-corrected chi connectivity index (χ2v) is 4.50. The second kappa shape index (κ2) is 4.53. The Morgan fingerprint density at radius 1 is 1.33 bits per heavy atom. The van der Waals surface area contributed by atoms with Crippen LogP contribution in [-0.4, -0.2) is 9.78 Å². The van der Waals surface area contributed by atoms with E-state index in [1.165, 1.54) is 11.1 Å². The minimum absolute atomic E-state index is 0.0524. The van der Waals surface area contributed by atoms with E-state index < -0.39 is 0 Å². The van der Waals surface area contributed by atoms with Gasteiger partial charge in [0.2, 0.25) is 0 Å². The molecule has 0 radical (unpaired) electrons. The zero-order valence-electron chi connectivity index (χ0n) is 10.3. The summed E-state index contributed by atoms with van der Waals surface area (Å²) in [7, 11) is 1.91. The molecule has 1 unspecified atom stereocenters. The van der Waals surface area contributed by atoms with Gasteiger partial charge in [0.1, 0.15) is 0 Å². The zero-order chi connectivity index (χ0) is 12.5. The number of hydrogen-bond acceptors (Lipinski definition) is 4. The molecule has 2 heterocycles. The van der Waals surface area contributed by atoms with Crippen LogP contribution in [0.3, 0.4) is 0 Å². The van der Waals surface area contributed by atoms with Gasteiger partial charge in [-0.05, 0) is 22.8 Å². The quantitative estimate of drug-likeness (QED) is 0.624. The highest BCUT2D eigenvalue weighted by atomic mass is 16.5. The molecular formula is C13H16N4O. The summed E-state index contributed by atoms with van der Waals surface area (Å²) in [6, 6.07) is 8.26. The number of nitrogens with two attached hydrogens (primary N) is 1. The maximum absolute atomic E-state index is 5.69. The van der Waals surface area contributed by atoms with Gasteiger partial charge >= 0.3 is 0 Å². The molecule has 5 nitrogen and oxygen atoms in total. The molecule has 1 aliphatic rings. The van der Waals surface area contributed by atoms with Crippen molar-refractivity contribution in [1.82, 2.24) is 15.2 Å². The van der Waals surface area contributed by atoms with Crippen molar-refractivity contribution in [3.8, 4) is 0 Å². The maximum atomic E-state index is 5.69. The molecule has 0 aliphatic carbocycles. The molecule has 1 aliphatic heterocycles. The fourth-order valence-corrected chi connectivity index (χ4v) is 2.39. The van der Waals surface area contributed by atoms with E-state index in [0.717, 1.165) is 11.3 Å². The van der Waals surface area contributed by atoms with Crippen molar-refractivity contribution >= 4 is 0 Å². The number of ether oxygens (including phenoxy) is 1. The fourth-order valence-electron chi connectivity index (χ4n) is 2.39. The highest BCUT2D eigenvalue weighted by Gasteiger charge is 2.18. The summed E-state index contributed by atoms with van der Waals surface area (Å²) in [5.74, 6) is 5.69. The summed E-state index contributed by atoms with van der Waals surface area (Å²) in [5.41, 5.74) is 7.53.